The molecule has 0 fully saturated rings. The molecule has 0 bridgehead atoms. The SMILES string of the molecule is CC(C)(C)[C@H](C(=O)O)C(NC(=O)c1cc([N+](=O)[O-])cc([N+](=O)[O-])c1)c1ccccc1. The topological polar surface area (TPSA) is 153 Å². The number of nitrogens with zero attached hydrogens (tertiary/aromatic N) is 2. The van der Waals surface area contributed by atoms with Gasteiger partial charge in [-0.1, -0.05) is 51.1 Å². The van der Waals surface area contributed by atoms with Gasteiger partial charge in [0, 0.05) is 12.1 Å². The van der Waals surface area contributed by atoms with Crippen LogP contribution >= 0.6 is 0 Å². The van der Waals surface area contributed by atoms with Crippen molar-refractivity contribution in [1.29, 1.82) is 0 Å². The number of carboxylic acids is 1. The molecule has 2 aromatic carbocycles. The molecule has 10 nitrogen and oxygen atoms in total. The van der Waals surface area contributed by atoms with Gasteiger partial charge in [-0.2, -0.15) is 0 Å². The molecular weight excluding hydrogens is 394 g/mol. The fraction of sp³-hybridized carbons (Fsp3) is 0.300. The molecule has 158 valence electrons. The zero-order chi connectivity index (χ0) is 22.6. The van der Waals surface area contributed by atoms with Crippen molar-refractivity contribution in [1.82, 2.24) is 5.32 Å². The first kappa shape index (κ1) is 22.5. The lowest BCUT2D eigenvalue weighted by Gasteiger charge is -2.34. The number of nitro groups is 2. The van der Waals surface area contributed by atoms with Crippen molar-refractivity contribution >= 4 is 23.3 Å². The van der Waals surface area contributed by atoms with Gasteiger partial charge in [-0.25, -0.2) is 0 Å². The third-order valence-corrected chi connectivity index (χ3v) is 4.56. The minimum Gasteiger partial charge on any atom is -0.481 e. The van der Waals surface area contributed by atoms with Crippen molar-refractivity contribution in [3.05, 3.63) is 79.9 Å². The summed E-state index contributed by atoms with van der Waals surface area (Å²) in [7, 11) is 0. The number of hydrogen-bond donors (Lipinski definition) is 2. The first-order chi connectivity index (χ1) is 13.9. The van der Waals surface area contributed by atoms with E-state index in [1.165, 1.54) is 0 Å². The summed E-state index contributed by atoms with van der Waals surface area (Å²) >= 11 is 0. The molecule has 1 unspecified atom stereocenters. The number of carbonyl (C=O) groups excluding carboxylic acids is 1. The summed E-state index contributed by atoms with van der Waals surface area (Å²) < 4.78 is 0. The molecule has 2 N–H and O–H groups in total. The normalized spacial score (nSPS) is 13.2. The summed E-state index contributed by atoms with van der Waals surface area (Å²) in [6.07, 6.45) is 0. The predicted molar refractivity (Wildman–Crippen MR) is 107 cm³/mol. The van der Waals surface area contributed by atoms with E-state index >= 15 is 0 Å². The molecule has 0 aromatic heterocycles. The molecule has 2 atom stereocenters. The number of hydrogen-bond acceptors (Lipinski definition) is 6. The zero-order valence-electron chi connectivity index (χ0n) is 16.6. The van der Waals surface area contributed by atoms with Gasteiger partial charge in [0.1, 0.15) is 0 Å². The molecule has 10 heteroatoms. The van der Waals surface area contributed by atoms with Gasteiger partial charge in [0.25, 0.3) is 17.3 Å². The van der Waals surface area contributed by atoms with Crippen molar-refractivity contribution < 1.29 is 24.5 Å². The zero-order valence-corrected chi connectivity index (χ0v) is 16.6. The summed E-state index contributed by atoms with van der Waals surface area (Å²) in [5, 5.41) is 34.6. The Kier molecular flexibility index (Phi) is 6.50. The number of rotatable bonds is 7. The lowest BCUT2D eigenvalue weighted by Crippen LogP contribution is -2.42. The van der Waals surface area contributed by atoms with Gasteiger partial charge in [0.15, 0.2) is 0 Å². The van der Waals surface area contributed by atoms with E-state index in [0.29, 0.717) is 5.56 Å². The van der Waals surface area contributed by atoms with Crippen LogP contribution in [0.15, 0.2) is 48.5 Å². The Labute approximate surface area is 171 Å². The van der Waals surface area contributed by atoms with Gasteiger partial charge in [-0.05, 0) is 11.0 Å². The Balaban J connectivity index is 2.53. The second kappa shape index (κ2) is 8.68. The van der Waals surface area contributed by atoms with E-state index in [-0.39, 0.29) is 5.56 Å². The van der Waals surface area contributed by atoms with Gasteiger partial charge in [0.05, 0.1) is 33.4 Å². The van der Waals surface area contributed by atoms with E-state index in [4.69, 9.17) is 0 Å². The van der Waals surface area contributed by atoms with Gasteiger partial charge in [-0.15, -0.1) is 0 Å². The summed E-state index contributed by atoms with van der Waals surface area (Å²) in [4.78, 5) is 45.4. The molecular formula is C20H21N3O7. The number of carbonyl (C=O) groups is 2. The minimum absolute atomic E-state index is 0.310. The summed E-state index contributed by atoms with van der Waals surface area (Å²) in [5.74, 6) is -3.04. The largest absolute Gasteiger partial charge is 0.481 e. The number of nitrogens with one attached hydrogen (secondary N) is 1. The maximum atomic E-state index is 12.9. The Hall–Kier alpha value is -3.82. The van der Waals surface area contributed by atoms with E-state index in [1.54, 1.807) is 51.1 Å². The minimum atomic E-state index is -1.14. The Morgan fingerprint density at radius 1 is 0.967 bits per heavy atom. The van der Waals surface area contributed by atoms with Gasteiger partial charge < -0.3 is 10.4 Å². The van der Waals surface area contributed by atoms with Crippen molar-refractivity contribution in [2.75, 3.05) is 0 Å². The maximum absolute atomic E-state index is 12.9. The summed E-state index contributed by atoms with van der Waals surface area (Å²) in [5.41, 5.74) is -1.77. The molecule has 1 amide bonds. The molecule has 0 heterocycles. The maximum Gasteiger partial charge on any atom is 0.309 e. The third-order valence-electron chi connectivity index (χ3n) is 4.56. The molecule has 0 spiro atoms. The van der Waals surface area contributed by atoms with Crippen LogP contribution in [-0.4, -0.2) is 26.8 Å². The van der Waals surface area contributed by atoms with Gasteiger partial charge in [-0.3, -0.25) is 29.8 Å². The highest BCUT2D eigenvalue weighted by molar-refractivity contribution is 5.96. The van der Waals surface area contributed by atoms with Crippen molar-refractivity contribution in [2.45, 2.75) is 26.8 Å². The fourth-order valence-corrected chi connectivity index (χ4v) is 3.19. The third kappa shape index (κ3) is 5.16. The van der Waals surface area contributed by atoms with Crippen LogP contribution in [0.2, 0.25) is 0 Å². The van der Waals surface area contributed by atoms with E-state index in [9.17, 15) is 34.9 Å². The molecule has 0 saturated heterocycles. The molecule has 2 rings (SSSR count). The molecule has 0 radical (unpaired) electrons. The van der Waals surface area contributed by atoms with Crippen LogP contribution in [0.5, 0.6) is 0 Å². The van der Waals surface area contributed by atoms with Crippen LogP contribution in [-0.2, 0) is 4.79 Å². The molecule has 0 aliphatic carbocycles. The second-order valence-corrected chi connectivity index (χ2v) is 7.80. The van der Waals surface area contributed by atoms with Crippen LogP contribution in [0.3, 0.4) is 0 Å². The average Bonchev–Trinajstić information content (AvgIpc) is 2.66. The standard InChI is InChI=1S/C20H21N3O7/c1-20(2,3)16(19(25)26)17(12-7-5-4-6-8-12)21-18(24)13-9-14(22(27)28)11-15(10-13)23(29)30/h4-11,16-17H,1-3H3,(H,21,24)(H,25,26)/t16-,17?/m0/s1. The number of amides is 1. The highest BCUT2D eigenvalue weighted by atomic mass is 16.6. The average molecular weight is 415 g/mol. The van der Waals surface area contributed by atoms with E-state index in [1.807, 2.05) is 0 Å². The second-order valence-electron chi connectivity index (χ2n) is 7.80. The molecule has 0 saturated carbocycles. The van der Waals surface area contributed by atoms with Crippen molar-refractivity contribution in [3.8, 4) is 0 Å². The quantitative estimate of drug-likeness (QED) is 0.516. The van der Waals surface area contributed by atoms with Crippen molar-refractivity contribution in [2.24, 2.45) is 11.3 Å². The predicted octanol–water partition coefficient (Wildman–Crippen LogP) is 3.72. The number of carboxylic acid groups (broad SMARTS) is 1. The molecule has 0 aliphatic rings. The summed E-state index contributed by atoms with van der Waals surface area (Å²) in [6, 6.07) is 10.0. The first-order valence-corrected chi connectivity index (χ1v) is 8.94. The van der Waals surface area contributed by atoms with Crippen LogP contribution in [0.25, 0.3) is 0 Å². The van der Waals surface area contributed by atoms with Crippen LogP contribution in [0.1, 0.15) is 42.7 Å². The lowest BCUT2D eigenvalue weighted by atomic mass is 9.74. The Bertz CT molecular complexity index is 951. The molecule has 30 heavy (non-hydrogen) atoms. The Morgan fingerprint density at radius 2 is 1.47 bits per heavy atom. The molecule has 0 aliphatic heterocycles. The number of aliphatic carboxylic acids is 1. The Morgan fingerprint density at radius 3 is 1.87 bits per heavy atom. The number of non-ortho nitro benzene ring substituents is 2. The first-order valence-electron chi connectivity index (χ1n) is 8.94. The highest BCUT2D eigenvalue weighted by Gasteiger charge is 2.40. The van der Waals surface area contributed by atoms with E-state index in [2.05, 4.69) is 5.32 Å². The summed E-state index contributed by atoms with van der Waals surface area (Å²) in [6.45, 7) is 5.14. The van der Waals surface area contributed by atoms with Crippen LogP contribution in [0.4, 0.5) is 11.4 Å². The smallest absolute Gasteiger partial charge is 0.309 e. The fourth-order valence-electron chi connectivity index (χ4n) is 3.19. The van der Waals surface area contributed by atoms with Crippen LogP contribution < -0.4 is 5.32 Å². The van der Waals surface area contributed by atoms with Gasteiger partial charge >= 0.3 is 5.97 Å². The molecule has 2 aromatic rings. The lowest BCUT2D eigenvalue weighted by molar-refractivity contribution is -0.394. The van der Waals surface area contributed by atoms with Gasteiger partial charge in [0.2, 0.25) is 0 Å². The van der Waals surface area contributed by atoms with Crippen molar-refractivity contribution in [3.63, 3.8) is 0 Å². The number of nitro benzene ring substituents is 2. The number of benzene rings is 2. The highest BCUT2D eigenvalue weighted by Crippen LogP contribution is 2.37. The van der Waals surface area contributed by atoms with Crippen LogP contribution in [0, 0.1) is 31.6 Å². The monoisotopic (exact) mass is 415 g/mol. The van der Waals surface area contributed by atoms with E-state index < -0.39 is 50.5 Å². The van der Waals surface area contributed by atoms with E-state index in [0.717, 1.165) is 18.2 Å².